The Morgan fingerprint density at radius 3 is 2.20 bits per heavy atom. The molecular formula is CH4MgO3. The summed E-state index contributed by atoms with van der Waals surface area (Å²) in [7, 11) is 0. The van der Waals surface area contributed by atoms with Crippen LogP contribution in [0.5, 0.6) is 0 Å². The van der Waals surface area contributed by atoms with E-state index in [0.717, 1.165) is 0 Å². The molecule has 0 aromatic rings. The third-order valence-corrected chi connectivity index (χ3v) is 0.0430. The van der Waals surface area contributed by atoms with Crippen LogP contribution in [-0.4, -0.2) is 34.8 Å². The molecule has 0 radical (unpaired) electrons. The van der Waals surface area contributed by atoms with Gasteiger partial charge in [-0.1, -0.05) is 0 Å². The summed E-state index contributed by atoms with van der Waals surface area (Å²) in [6.45, 7) is -0.0694. The summed E-state index contributed by atoms with van der Waals surface area (Å²) in [5, 5.41) is 7.01. The first-order valence-corrected chi connectivity index (χ1v) is 0.654. The predicted octanol–water partition coefficient (Wildman–Crippen LogP) is -0.523. The number of rotatable bonds is 1. The molecule has 0 bridgehead atoms. The van der Waals surface area contributed by atoms with Crippen molar-refractivity contribution in [1.82, 2.24) is 0 Å². The molecule has 0 rings (SSSR count). The fourth-order valence-corrected chi connectivity index (χ4v) is 0. The van der Waals surface area contributed by atoms with Gasteiger partial charge in [-0.15, -0.1) is 0 Å². The van der Waals surface area contributed by atoms with E-state index in [1.165, 1.54) is 0 Å². The van der Waals surface area contributed by atoms with E-state index in [1.54, 1.807) is 0 Å². The second kappa shape index (κ2) is 8.89. The average Bonchev–Trinajstić information content (AvgIpc) is 1.37. The molecule has 28 valence electrons. The van der Waals surface area contributed by atoms with Crippen LogP contribution in [-0.2, 0) is 9.68 Å². The van der Waals surface area contributed by atoms with Crippen LogP contribution in [0.15, 0.2) is 0 Å². The van der Waals surface area contributed by atoms with E-state index < -0.39 is 0 Å². The van der Waals surface area contributed by atoms with Crippen molar-refractivity contribution in [3.8, 4) is 0 Å². The van der Waals surface area contributed by atoms with Crippen LogP contribution in [0.3, 0.4) is 0 Å². The van der Waals surface area contributed by atoms with E-state index in [0.29, 0.717) is 0 Å². The van der Waals surface area contributed by atoms with Crippen LogP contribution in [0.4, 0.5) is 0 Å². The molecule has 0 saturated carbocycles. The zero-order chi connectivity index (χ0) is 3.41. The van der Waals surface area contributed by atoms with Crippen LogP contribution < -0.4 is 0 Å². The summed E-state index contributed by atoms with van der Waals surface area (Å²) in [6.07, 6.45) is 0. The molecule has 0 aliphatic rings. The van der Waals surface area contributed by atoms with Gasteiger partial charge in [0.15, 0.2) is 0 Å². The average molecular weight is 88.3 g/mol. The van der Waals surface area contributed by atoms with Crippen LogP contribution in [0.25, 0.3) is 0 Å². The van der Waals surface area contributed by atoms with E-state index in [9.17, 15) is 0 Å². The first kappa shape index (κ1) is 8.96. The van der Waals surface area contributed by atoms with Gasteiger partial charge in [0, 0.05) is 0 Å². The minimum absolute atomic E-state index is 0. The molecule has 0 aromatic heterocycles. The molecule has 0 amide bonds. The van der Waals surface area contributed by atoms with Crippen LogP contribution in [0.2, 0.25) is 0 Å². The van der Waals surface area contributed by atoms with Gasteiger partial charge in [-0.25, -0.2) is 5.26 Å². The summed E-state index contributed by atoms with van der Waals surface area (Å²) >= 11 is 0. The molecule has 0 spiro atoms. The molecular weight excluding hydrogens is 84.3 g/mol. The molecule has 5 heavy (non-hydrogen) atoms. The van der Waals surface area contributed by atoms with Gasteiger partial charge in [-0.2, -0.15) is 0 Å². The summed E-state index contributed by atoms with van der Waals surface area (Å²) in [5.74, 6) is 0. The predicted molar refractivity (Wildman–Crippen MR) is 17.8 cm³/mol. The van der Waals surface area contributed by atoms with Gasteiger partial charge in [-0.05, 0) is 0 Å². The Balaban J connectivity index is -0.0000000150. The van der Waals surface area contributed by atoms with Crippen LogP contribution in [0, 0.1) is 0 Å². The van der Waals surface area contributed by atoms with Gasteiger partial charge in [0.1, 0.15) is 0 Å². The topological polar surface area (TPSA) is 46.5 Å². The molecule has 0 aliphatic carbocycles. The first-order valence-electron chi connectivity index (χ1n) is 0.654. The van der Waals surface area contributed by atoms with Crippen molar-refractivity contribution in [2.24, 2.45) is 0 Å². The normalized spacial score (nSPS) is 4.20. The largest absolute Gasteiger partial charge is 2.00 e. The van der Waals surface area contributed by atoms with E-state index in [-0.39, 0.29) is 32.4 Å². The Labute approximate surface area is 48.0 Å². The maximum atomic E-state index is 8.70. The molecule has 0 aliphatic heterocycles. The molecule has 1 N–H and O–H groups in total. The van der Waals surface area contributed by atoms with Crippen LogP contribution in [0.1, 0.15) is 2.85 Å². The Kier molecular flexibility index (Phi) is 15.9. The van der Waals surface area contributed by atoms with Crippen molar-refractivity contribution in [2.45, 2.75) is 0 Å². The number of carbonyl (C=O) groups is 1. The smallest absolute Gasteiger partial charge is 1.00 e. The zero-order valence-corrected chi connectivity index (χ0v) is 3.96. The van der Waals surface area contributed by atoms with Gasteiger partial charge in [0.2, 0.25) is 0 Å². The Morgan fingerprint density at radius 2 is 2.20 bits per heavy atom. The molecule has 0 unspecified atom stereocenters. The van der Waals surface area contributed by atoms with Crippen molar-refractivity contribution in [3.05, 3.63) is 0 Å². The van der Waals surface area contributed by atoms with E-state index >= 15 is 0 Å². The third-order valence-electron chi connectivity index (χ3n) is 0.0430. The minimum Gasteiger partial charge on any atom is -1.00 e. The summed E-state index contributed by atoms with van der Waals surface area (Å²) in [5.41, 5.74) is 0. The fourth-order valence-electron chi connectivity index (χ4n) is 0. The summed E-state index contributed by atoms with van der Waals surface area (Å²) < 4.78 is 0. The van der Waals surface area contributed by atoms with E-state index in [1.807, 2.05) is 0 Å². The van der Waals surface area contributed by atoms with Gasteiger partial charge in [-0.3, -0.25) is 4.79 Å². The number of hydrogen-bond donors (Lipinski definition) is 1. The third kappa shape index (κ3) is 14.1. The molecule has 0 fully saturated rings. The monoisotopic (exact) mass is 88.0 g/mol. The van der Waals surface area contributed by atoms with Crippen molar-refractivity contribution in [1.29, 1.82) is 0 Å². The number of carbonyl (C=O) groups excluding carboxylic acids is 1. The van der Waals surface area contributed by atoms with Crippen molar-refractivity contribution in [2.75, 3.05) is 0 Å². The minimum atomic E-state index is -0.0694. The molecule has 4 heteroatoms. The van der Waals surface area contributed by atoms with Crippen molar-refractivity contribution >= 4 is 29.5 Å². The zero-order valence-electron chi connectivity index (χ0n) is 4.55. The second-order valence-corrected chi connectivity index (χ2v) is 0.202. The Bertz CT molecular complexity index is 26.9. The maximum absolute atomic E-state index is 8.70. The van der Waals surface area contributed by atoms with E-state index in [2.05, 4.69) is 4.89 Å². The van der Waals surface area contributed by atoms with Gasteiger partial charge < -0.3 is 7.74 Å². The summed E-state index contributed by atoms with van der Waals surface area (Å²) in [6, 6.07) is 0. The second-order valence-electron chi connectivity index (χ2n) is 0.202. The van der Waals surface area contributed by atoms with Crippen molar-refractivity contribution < 1.29 is 17.8 Å². The maximum Gasteiger partial charge on any atom is 2.00 e. The van der Waals surface area contributed by atoms with Gasteiger partial charge in [0.25, 0.3) is 0 Å². The fraction of sp³-hybridized carbons (Fsp3) is 0. The SMILES string of the molecule is O=COO.[H-].[H-].[Mg+2]. The van der Waals surface area contributed by atoms with E-state index in [4.69, 9.17) is 10.1 Å². The molecule has 0 saturated heterocycles. The molecule has 3 nitrogen and oxygen atoms in total. The quantitative estimate of drug-likeness (QED) is 0.203. The Hall–Kier alpha value is 0.196. The van der Waals surface area contributed by atoms with Crippen molar-refractivity contribution in [3.63, 3.8) is 0 Å². The molecule has 0 aromatic carbocycles. The first-order chi connectivity index (χ1) is 1.91. The molecule has 0 heterocycles. The summed E-state index contributed by atoms with van der Waals surface area (Å²) in [4.78, 5) is 11.6. The standard InChI is InChI=1S/CH2O3.Mg.2H/c2-1-4-3;;;/h1,3H;;;/q;+2;2*-1. The number of hydrogen-bond acceptors (Lipinski definition) is 3. The molecule has 0 atom stereocenters. The van der Waals surface area contributed by atoms with Crippen LogP contribution >= 0.6 is 0 Å². The Morgan fingerprint density at radius 1 is 2.00 bits per heavy atom. The van der Waals surface area contributed by atoms with Gasteiger partial charge in [0.05, 0.1) is 0 Å². The van der Waals surface area contributed by atoms with Gasteiger partial charge >= 0.3 is 29.5 Å².